The Kier molecular flexibility index (Phi) is 11.1. The summed E-state index contributed by atoms with van der Waals surface area (Å²) in [5.41, 5.74) is 3.70. The van der Waals surface area contributed by atoms with Gasteiger partial charge in [-0.2, -0.15) is 0 Å². The van der Waals surface area contributed by atoms with Crippen LogP contribution in [0.4, 0.5) is 0 Å². The Balaban J connectivity index is 0.00000320. The molecule has 1 aromatic carbocycles. The molecule has 7 heteroatoms. The van der Waals surface area contributed by atoms with Crippen LogP contribution in [0.1, 0.15) is 23.7 Å². The van der Waals surface area contributed by atoms with E-state index in [2.05, 4.69) is 69.7 Å². The number of hydrogen-bond acceptors (Lipinski definition) is 4. The topological polar surface area (TPSA) is 55.8 Å². The first kappa shape index (κ1) is 24.6. The summed E-state index contributed by atoms with van der Waals surface area (Å²) >= 11 is 0. The first-order valence-electron chi connectivity index (χ1n) is 10.6. The molecule has 6 nitrogen and oxygen atoms in total. The van der Waals surface area contributed by atoms with Gasteiger partial charge in [0.15, 0.2) is 5.96 Å². The van der Waals surface area contributed by atoms with Gasteiger partial charge in [0.25, 0.3) is 0 Å². The van der Waals surface area contributed by atoms with E-state index >= 15 is 0 Å². The molecule has 0 spiro atoms. The Morgan fingerprint density at radius 3 is 2.40 bits per heavy atom. The molecular weight excluding hydrogens is 487 g/mol. The van der Waals surface area contributed by atoms with E-state index < -0.39 is 0 Å². The van der Waals surface area contributed by atoms with E-state index in [0.29, 0.717) is 6.54 Å². The molecule has 3 rings (SSSR count). The molecule has 0 amide bonds. The molecule has 1 aliphatic heterocycles. The molecule has 30 heavy (non-hydrogen) atoms. The molecule has 2 N–H and O–H groups in total. The molecule has 164 valence electrons. The van der Waals surface area contributed by atoms with Gasteiger partial charge < -0.3 is 15.5 Å². The maximum atomic E-state index is 4.73. The van der Waals surface area contributed by atoms with E-state index in [1.165, 1.54) is 11.1 Å². The minimum atomic E-state index is 0. The van der Waals surface area contributed by atoms with Crippen LogP contribution in [-0.2, 0) is 19.5 Å². The molecule has 1 saturated heterocycles. The summed E-state index contributed by atoms with van der Waals surface area (Å²) in [5, 5.41) is 6.71. The third kappa shape index (κ3) is 8.57. The fraction of sp³-hybridized carbons (Fsp3) is 0.478. The molecule has 2 heterocycles. The van der Waals surface area contributed by atoms with Crippen LogP contribution >= 0.6 is 24.0 Å². The largest absolute Gasteiger partial charge is 0.357 e. The van der Waals surface area contributed by atoms with Crippen LogP contribution in [0.5, 0.6) is 0 Å². The van der Waals surface area contributed by atoms with E-state index in [4.69, 9.17) is 4.99 Å². The summed E-state index contributed by atoms with van der Waals surface area (Å²) in [6.45, 7) is 10.1. The van der Waals surface area contributed by atoms with E-state index in [0.717, 1.165) is 63.9 Å². The lowest BCUT2D eigenvalue weighted by atomic mass is 10.1. The molecule has 0 saturated carbocycles. The van der Waals surface area contributed by atoms with Gasteiger partial charge in [0, 0.05) is 64.1 Å². The number of aromatic nitrogens is 1. The Morgan fingerprint density at radius 1 is 1.00 bits per heavy atom. The molecule has 2 aromatic rings. The van der Waals surface area contributed by atoms with Gasteiger partial charge in [0.1, 0.15) is 0 Å². The van der Waals surface area contributed by atoms with Crippen LogP contribution in [0.25, 0.3) is 0 Å². The van der Waals surface area contributed by atoms with Gasteiger partial charge in [-0.25, -0.2) is 4.99 Å². The Hall–Kier alpha value is -1.71. The third-order valence-electron chi connectivity index (χ3n) is 5.19. The molecule has 0 aliphatic carbocycles. The molecule has 0 unspecified atom stereocenters. The van der Waals surface area contributed by atoms with Crippen LogP contribution in [0, 0.1) is 0 Å². The van der Waals surface area contributed by atoms with E-state index in [1.54, 1.807) is 0 Å². The SMILES string of the molecule is CCNC(=NCc1ccc(CN2CCN(C)CC2)cc1)NCCc1ccccn1.I. The summed E-state index contributed by atoms with van der Waals surface area (Å²) in [5.74, 6) is 0.852. The van der Waals surface area contributed by atoms with E-state index in [-0.39, 0.29) is 24.0 Å². The van der Waals surface area contributed by atoms with Gasteiger partial charge in [0.05, 0.1) is 6.54 Å². The summed E-state index contributed by atoms with van der Waals surface area (Å²) in [6, 6.07) is 14.9. The van der Waals surface area contributed by atoms with Crippen molar-refractivity contribution in [2.75, 3.05) is 46.3 Å². The second-order valence-electron chi connectivity index (χ2n) is 7.59. The average molecular weight is 522 g/mol. The second kappa shape index (κ2) is 13.6. The molecule has 0 atom stereocenters. The number of benzene rings is 1. The highest BCUT2D eigenvalue weighted by molar-refractivity contribution is 14.0. The van der Waals surface area contributed by atoms with Crippen LogP contribution in [0.2, 0.25) is 0 Å². The van der Waals surface area contributed by atoms with Gasteiger partial charge in [0.2, 0.25) is 0 Å². The summed E-state index contributed by atoms with van der Waals surface area (Å²) in [4.78, 5) is 14.0. The first-order valence-corrected chi connectivity index (χ1v) is 10.6. The summed E-state index contributed by atoms with van der Waals surface area (Å²) < 4.78 is 0. The normalized spacial score (nSPS) is 15.5. The standard InChI is InChI=1S/C23H34N6.HI/c1-3-24-23(26-13-11-22-6-4-5-12-25-22)27-18-20-7-9-21(10-8-20)19-29-16-14-28(2)15-17-29;/h4-10,12H,3,11,13-19H2,1-2H3,(H2,24,26,27);1H. The number of guanidine groups is 1. The summed E-state index contributed by atoms with van der Waals surface area (Å²) in [6.07, 6.45) is 2.72. The van der Waals surface area contributed by atoms with Crippen molar-refractivity contribution >= 4 is 29.9 Å². The zero-order valence-electron chi connectivity index (χ0n) is 18.2. The quantitative estimate of drug-likeness (QED) is 0.318. The third-order valence-corrected chi connectivity index (χ3v) is 5.19. The molecule has 0 bridgehead atoms. The van der Waals surface area contributed by atoms with Crippen molar-refractivity contribution in [2.45, 2.75) is 26.4 Å². The van der Waals surface area contributed by atoms with Crippen LogP contribution < -0.4 is 10.6 Å². The number of pyridine rings is 1. The number of rotatable bonds is 8. The zero-order valence-corrected chi connectivity index (χ0v) is 20.5. The Labute approximate surface area is 198 Å². The number of piperazine rings is 1. The van der Waals surface area contributed by atoms with Crippen LogP contribution in [0.15, 0.2) is 53.7 Å². The van der Waals surface area contributed by atoms with Gasteiger partial charge in [-0.15, -0.1) is 24.0 Å². The molecule has 1 fully saturated rings. The monoisotopic (exact) mass is 522 g/mol. The van der Waals surface area contributed by atoms with Crippen LogP contribution in [-0.4, -0.2) is 67.1 Å². The highest BCUT2D eigenvalue weighted by atomic mass is 127. The van der Waals surface area contributed by atoms with Crippen LogP contribution in [0.3, 0.4) is 0 Å². The number of nitrogens with one attached hydrogen (secondary N) is 2. The van der Waals surface area contributed by atoms with Gasteiger partial charge in [-0.3, -0.25) is 9.88 Å². The van der Waals surface area contributed by atoms with Gasteiger partial charge in [-0.1, -0.05) is 30.3 Å². The fourth-order valence-electron chi connectivity index (χ4n) is 3.38. The average Bonchev–Trinajstić information content (AvgIpc) is 2.75. The highest BCUT2D eigenvalue weighted by Gasteiger charge is 2.13. The Bertz CT molecular complexity index is 742. The maximum absolute atomic E-state index is 4.73. The first-order chi connectivity index (χ1) is 14.2. The molecular formula is C23H35IN6. The predicted molar refractivity (Wildman–Crippen MR) is 135 cm³/mol. The maximum Gasteiger partial charge on any atom is 0.191 e. The summed E-state index contributed by atoms with van der Waals surface area (Å²) in [7, 11) is 2.20. The number of hydrogen-bond donors (Lipinski definition) is 2. The van der Waals surface area contributed by atoms with Crippen molar-refractivity contribution in [2.24, 2.45) is 4.99 Å². The van der Waals surface area contributed by atoms with E-state index in [1.807, 2.05) is 18.3 Å². The highest BCUT2D eigenvalue weighted by Crippen LogP contribution is 2.10. The lowest BCUT2D eigenvalue weighted by molar-refractivity contribution is 0.148. The number of nitrogens with zero attached hydrogens (tertiary/aromatic N) is 4. The molecule has 1 aromatic heterocycles. The number of halogens is 1. The predicted octanol–water partition coefficient (Wildman–Crippen LogP) is 2.74. The van der Waals surface area contributed by atoms with Crippen molar-refractivity contribution < 1.29 is 0 Å². The second-order valence-corrected chi connectivity index (χ2v) is 7.59. The molecule has 0 radical (unpaired) electrons. The van der Waals surface area contributed by atoms with E-state index in [9.17, 15) is 0 Å². The smallest absolute Gasteiger partial charge is 0.191 e. The minimum Gasteiger partial charge on any atom is -0.357 e. The lowest BCUT2D eigenvalue weighted by Crippen LogP contribution is -2.43. The van der Waals surface area contributed by atoms with Crippen molar-refractivity contribution in [3.05, 3.63) is 65.5 Å². The van der Waals surface area contributed by atoms with Gasteiger partial charge >= 0.3 is 0 Å². The number of aliphatic imine (C=N–C) groups is 1. The number of likely N-dealkylation sites (N-methyl/N-ethyl adjacent to an activating group) is 1. The minimum absolute atomic E-state index is 0. The van der Waals surface area contributed by atoms with Crippen molar-refractivity contribution in [1.29, 1.82) is 0 Å². The Morgan fingerprint density at radius 2 is 1.73 bits per heavy atom. The fourth-order valence-corrected chi connectivity index (χ4v) is 3.38. The van der Waals surface area contributed by atoms with Crippen molar-refractivity contribution in [3.8, 4) is 0 Å². The van der Waals surface area contributed by atoms with Crippen molar-refractivity contribution in [1.82, 2.24) is 25.4 Å². The molecule has 1 aliphatic rings. The van der Waals surface area contributed by atoms with Crippen molar-refractivity contribution in [3.63, 3.8) is 0 Å². The lowest BCUT2D eigenvalue weighted by Gasteiger charge is -2.32. The van der Waals surface area contributed by atoms with Gasteiger partial charge in [-0.05, 0) is 37.2 Å². The zero-order chi connectivity index (χ0) is 20.3.